The van der Waals surface area contributed by atoms with E-state index >= 15 is 0 Å². The maximum absolute atomic E-state index is 11.0. The van der Waals surface area contributed by atoms with Crippen molar-refractivity contribution in [1.29, 1.82) is 0 Å². The maximum Gasteiger partial charge on any atom is 0.311 e. The molecular weight excluding hydrogens is 285 g/mol. The number of quaternary nitrogens is 1. The molecule has 1 aromatic rings. The van der Waals surface area contributed by atoms with Gasteiger partial charge in [0.05, 0.1) is 26.5 Å². The van der Waals surface area contributed by atoms with E-state index in [-0.39, 0.29) is 0 Å². The predicted molar refractivity (Wildman–Crippen MR) is 70.4 cm³/mol. The molecule has 1 aromatic carbocycles. The van der Waals surface area contributed by atoms with E-state index in [2.05, 4.69) is 15.2 Å². The molecule has 0 unspecified atom stereocenters. The number of esters is 2. The first-order valence-electron chi connectivity index (χ1n) is 5.60. The third kappa shape index (κ3) is 9.27. The molecule has 0 amide bonds. The molecule has 0 bridgehead atoms. The van der Waals surface area contributed by atoms with E-state index in [1.165, 1.54) is 0 Å². The van der Waals surface area contributed by atoms with Gasteiger partial charge in [0.1, 0.15) is 5.69 Å². The standard InChI is InChI=1S/C6H7N.C6H11O6P/c7-6-4-2-1-3-5-6;1-11-5(7)3-13(9,10)4-6(8)12-2/h1-5H,7H2;3-4H2,1-2H3,(H,9,10). The van der Waals surface area contributed by atoms with Crippen LogP contribution in [0.4, 0.5) is 5.69 Å². The second kappa shape index (κ2) is 9.25. The molecule has 112 valence electrons. The number of hydrogen-bond donors (Lipinski definition) is 1. The molecule has 20 heavy (non-hydrogen) atoms. The number of carbonyl (C=O) groups is 2. The van der Waals surface area contributed by atoms with Crippen molar-refractivity contribution in [2.45, 2.75) is 0 Å². The minimum Gasteiger partial charge on any atom is -0.799 e. The quantitative estimate of drug-likeness (QED) is 0.593. The molecule has 7 nitrogen and oxygen atoms in total. The average Bonchev–Trinajstić information content (AvgIpc) is 2.39. The van der Waals surface area contributed by atoms with E-state index in [1.807, 2.05) is 30.3 Å². The third-order valence-electron chi connectivity index (χ3n) is 2.04. The zero-order chi connectivity index (χ0) is 15.6. The number of carbonyl (C=O) groups excluding carboxylic acids is 2. The summed E-state index contributed by atoms with van der Waals surface area (Å²) in [4.78, 5) is 32.1. The normalized spacial score (nSPS) is 10.0. The van der Waals surface area contributed by atoms with Crippen LogP contribution in [0.25, 0.3) is 0 Å². The van der Waals surface area contributed by atoms with Gasteiger partial charge in [-0.2, -0.15) is 0 Å². The zero-order valence-corrected chi connectivity index (χ0v) is 12.3. The molecular formula is C12H18NO6P. The van der Waals surface area contributed by atoms with Crippen LogP contribution in [-0.4, -0.2) is 38.5 Å². The van der Waals surface area contributed by atoms with Gasteiger partial charge in [0, 0.05) is 7.37 Å². The molecule has 3 N–H and O–H groups in total. The molecule has 0 aliphatic heterocycles. The van der Waals surface area contributed by atoms with E-state index < -0.39 is 31.6 Å². The first kappa shape index (κ1) is 18.3. The highest BCUT2D eigenvalue weighted by molar-refractivity contribution is 7.58. The average molecular weight is 303 g/mol. The second-order valence-corrected chi connectivity index (χ2v) is 6.03. The summed E-state index contributed by atoms with van der Waals surface area (Å²) in [5.74, 6) is -1.77. The monoisotopic (exact) mass is 303 g/mol. The summed E-state index contributed by atoms with van der Waals surface area (Å²) in [5, 5.41) is 0. The molecule has 0 aliphatic rings. The largest absolute Gasteiger partial charge is 0.799 e. The van der Waals surface area contributed by atoms with Crippen LogP contribution in [0, 0.1) is 0 Å². The van der Waals surface area contributed by atoms with Crippen molar-refractivity contribution in [2.75, 3.05) is 26.5 Å². The van der Waals surface area contributed by atoms with Crippen LogP contribution < -0.4 is 10.6 Å². The van der Waals surface area contributed by atoms with Gasteiger partial charge >= 0.3 is 11.9 Å². The summed E-state index contributed by atoms with van der Waals surface area (Å²) < 4.78 is 19.3. The number of rotatable bonds is 4. The minimum absolute atomic E-state index is 0.779. The lowest BCUT2D eigenvalue weighted by Gasteiger charge is -2.19. The van der Waals surface area contributed by atoms with E-state index in [4.69, 9.17) is 0 Å². The van der Waals surface area contributed by atoms with Crippen LogP contribution in [0.3, 0.4) is 0 Å². The molecule has 0 aromatic heterocycles. The van der Waals surface area contributed by atoms with Gasteiger partial charge in [0.2, 0.25) is 0 Å². The molecule has 1 rings (SSSR count). The van der Waals surface area contributed by atoms with Crippen LogP contribution in [0.5, 0.6) is 0 Å². The molecule has 0 saturated heterocycles. The van der Waals surface area contributed by atoms with Crippen LogP contribution in [0.2, 0.25) is 0 Å². The van der Waals surface area contributed by atoms with Gasteiger partial charge in [0.25, 0.3) is 0 Å². The Bertz CT molecular complexity index is 454. The van der Waals surface area contributed by atoms with Gasteiger partial charge in [-0.05, 0) is 12.1 Å². The van der Waals surface area contributed by atoms with Gasteiger partial charge in [-0.1, -0.05) is 18.2 Å². The Morgan fingerprint density at radius 2 is 1.50 bits per heavy atom. The van der Waals surface area contributed by atoms with E-state index in [9.17, 15) is 19.0 Å². The van der Waals surface area contributed by atoms with E-state index in [1.54, 1.807) is 0 Å². The number of methoxy groups -OCH3 is 2. The summed E-state index contributed by atoms with van der Waals surface area (Å²) in [6.07, 6.45) is -1.56. The Balaban J connectivity index is 0.000000428. The summed E-state index contributed by atoms with van der Waals surface area (Å²) in [6.45, 7) is 0. The molecule has 0 atom stereocenters. The van der Waals surface area contributed by atoms with Crippen molar-refractivity contribution in [3.63, 3.8) is 0 Å². The zero-order valence-electron chi connectivity index (χ0n) is 11.4. The van der Waals surface area contributed by atoms with Crippen molar-refractivity contribution in [2.24, 2.45) is 0 Å². The number of benzene rings is 1. The van der Waals surface area contributed by atoms with Crippen molar-refractivity contribution >= 4 is 25.0 Å². The lowest BCUT2D eigenvalue weighted by atomic mass is 10.3. The minimum atomic E-state index is -4.04. The van der Waals surface area contributed by atoms with Crippen LogP contribution in [-0.2, 0) is 23.6 Å². The van der Waals surface area contributed by atoms with Gasteiger partial charge in [-0.3, -0.25) is 9.59 Å². The lowest BCUT2D eigenvalue weighted by Crippen LogP contribution is -2.39. The smallest absolute Gasteiger partial charge is 0.311 e. The fourth-order valence-electron chi connectivity index (χ4n) is 1.06. The van der Waals surface area contributed by atoms with Gasteiger partial charge in [0.15, 0.2) is 0 Å². The lowest BCUT2D eigenvalue weighted by molar-refractivity contribution is -0.254. The van der Waals surface area contributed by atoms with Crippen molar-refractivity contribution in [3.8, 4) is 0 Å². The van der Waals surface area contributed by atoms with Crippen molar-refractivity contribution < 1.29 is 34.3 Å². The Kier molecular flexibility index (Phi) is 8.47. The Morgan fingerprint density at radius 1 is 1.10 bits per heavy atom. The van der Waals surface area contributed by atoms with Gasteiger partial charge in [-0.15, -0.1) is 0 Å². The maximum atomic E-state index is 11.0. The molecule has 0 spiro atoms. The van der Waals surface area contributed by atoms with Crippen LogP contribution >= 0.6 is 7.37 Å². The number of ether oxygens (including phenoxy) is 2. The highest BCUT2D eigenvalue weighted by atomic mass is 31.2. The molecule has 0 fully saturated rings. The molecule has 0 radical (unpaired) electrons. The summed E-state index contributed by atoms with van der Waals surface area (Å²) in [5.41, 5.74) is 4.79. The second-order valence-electron chi connectivity index (χ2n) is 3.77. The highest BCUT2D eigenvalue weighted by Gasteiger charge is 2.18. The first-order chi connectivity index (χ1) is 9.30. The predicted octanol–water partition coefficient (Wildman–Crippen LogP) is -0.469. The molecule has 8 heteroatoms. The fourth-order valence-corrected chi connectivity index (χ4v) is 2.21. The van der Waals surface area contributed by atoms with Crippen molar-refractivity contribution in [1.82, 2.24) is 0 Å². The summed E-state index contributed by atoms with van der Waals surface area (Å²) >= 11 is 0. The number of hydrogen-bond acceptors (Lipinski definition) is 6. The van der Waals surface area contributed by atoms with E-state index in [0.717, 1.165) is 19.9 Å². The topological polar surface area (TPSA) is 120 Å². The Hall–Kier alpha value is -1.69. The highest BCUT2D eigenvalue weighted by Crippen LogP contribution is 2.34. The van der Waals surface area contributed by atoms with E-state index in [0.29, 0.717) is 0 Å². The molecule has 0 heterocycles. The SMILES string of the molecule is COC(=O)CP(=O)([O-])CC(=O)OC.[NH3+]c1ccccc1. The van der Waals surface area contributed by atoms with Gasteiger partial charge in [-0.25, -0.2) is 0 Å². The summed E-state index contributed by atoms with van der Waals surface area (Å²) in [6, 6.07) is 9.87. The van der Waals surface area contributed by atoms with Gasteiger partial charge < -0.3 is 24.7 Å². The Morgan fingerprint density at radius 3 is 1.75 bits per heavy atom. The van der Waals surface area contributed by atoms with Crippen molar-refractivity contribution in [3.05, 3.63) is 30.3 Å². The fraction of sp³-hybridized carbons (Fsp3) is 0.333. The van der Waals surface area contributed by atoms with Crippen LogP contribution in [0.1, 0.15) is 0 Å². The molecule has 0 saturated carbocycles. The summed E-state index contributed by atoms with van der Waals surface area (Å²) in [7, 11) is -1.90. The third-order valence-corrected chi connectivity index (χ3v) is 3.52. The first-order valence-corrected chi connectivity index (χ1v) is 7.60. The molecule has 0 aliphatic carbocycles. The van der Waals surface area contributed by atoms with Crippen LogP contribution in [0.15, 0.2) is 30.3 Å². The Labute approximate surface area is 117 Å².